The van der Waals surface area contributed by atoms with Crippen LogP contribution < -0.4 is 4.74 Å². The van der Waals surface area contributed by atoms with Crippen LogP contribution in [0.5, 0.6) is 5.75 Å². The molecule has 0 bridgehead atoms. The smallest absolute Gasteiger partial charge is 0.335 e. The summed E-state index contributed by atoms with van der Waals surface area (Å²) >= 11 is 0. The Morgan fingerprint density at radius 2 is 1.95 bits per heavy atom. The average molecular weight is 282 g/mol. The van der Waals surface area contributed by atoms with Gasteiger partial charge in [-0.25, -0.2) is 4.79 Å². The second-order valence-electron chi connectivity index (χ2n) is 6.00. The first-order valence-corrected chi connectivity index (χ1v) is 9.14. The van der Waals surface area contributed by atoms with Crippen molar-refractivity contribution in [3.05, 3.63) is 29.8 Å². The molecule has 4 nitrogen and oxygen atoms in total. The Morgan fingerprint density at radius 3 is 2.47 bits per heavy atom. The lowest BCUT2D eigenvalue weighted by Crippen LogP contribution is -2.41. The summed E-state index contributed by atoms with van der Waals surface area (Å²) in [7, 11) is -1.84. The van der Waals surface area contributed by atoms with Crippen molar-refractivity contribution in [1.29, 1.82) is 0 Å². The third-order valence-electron chi connectivity index (χ3n) is 3.53. The van der Waals surface area contributed by atoms with E-state index in [0.717, 1.165) is 0 Å². The molecule has 1 N–H and O–H groups in total. The summed E-state index contributed by atoms with van der Waals surface area (Å²) in [5.74, 6) is -0.450. The van der Waals surface area contributed by atoms with Gasteiger partial charge in [0.05, 0.1) is 5.56 Å². The van der Waals surface area contributed by atoms with Crippen LogP contribution in [0.15, 0.2) is 24.3 Å². The van der Waals surface area contributed by atoms with Crippen molar-refractivity contribution < 1.29 is 19.1 Å². The first-order chi connectivity index (χ1) is 8.63. The van der Waals surface area contributed by atoms with E-state index >= 15 is 0 Å². The lowest BCUT2D eigenvalue weighted by Gasteiger charge is -2.35. The summed E-state index contributed by atoms with van der Waals surface area (Å²) in [6.45, 7) is 10.9. The van der Waals surface area contributed by atoms with Gasteiger partial charge in [-0.05, 0) is 36.3 Å². The lowest BCUT2D eigenvalue weighted by molar-refractivity contribution is 0.0694. The predicted molar refractivity (Wildman–Crippen MR) is 77.2 cm³/mol. The molecule has 1 aromatic carbocycles. The van der Waals surface area contributed by atoms with Gasteiger partial charge in [0.1, 0.15) is 5.75 Å². The number of benzene rings is 1. The third-order valence-corrected chi connectivity index (χ3v) is 7.98. The first kappa shape index (κ1) is 15.7. The highest BCUT2D eigenvalue weighted by molar-refractivity contribution is 6.74. The molecule has 0 atom stereocenters. The molecule has 5 heteroatoms. The molecule has 0 spiro atoms. The number of aromatic carboxylic acids is 1. The van der Waals surface area contributed by atoms with Gasteiger partial charge in [-0.1, -0.05) is 26.8 Å². The largest absolute Gasteiger partial charge is 0.478 e. The van der Waals surface area contributed by atoms with Gasteiger partial charge in [0.15, 0.2) is 15.1 Å². The van der Waals surface area contributed by atoms with E-state index in [-0.39, 0.29) is 17.4 Å². The fourth-order valence-electron chi connectivity index (χ4n) is 1.18. The van der Waals surface area contributed by atoms with Crippen molar-refractivity contribution >= 4 is 14.3 Å². The van der Waals surface area contributed by atoms with Gasteiger partial charge >= 0.3 is 5.97 Å². The Hall–Kier alpha value is -1.33. The van der Waals surface area contributed by atoms with Crippen LogP contribution in [0.1, 0.15) is 31.1 Å². The predicted octanol–water partition coefficient (Wildman–Crippen LogP) is 3.74. The second-order valence-corrected chi connectivity index (χ2v) is 10.8. The summed E-state index contributed by atoms with van der Waals surface area (Å²) < 4.78 is 11.3. The maximum Gasteiger partial charge on any atom is 0.335 e. The van der Waals surface area contributed by atoms with Crippen molar-refractivity contribution in [1.82, 2.24) is 0 Å². The van der Waals surface area contributed by atoms with Crippen molar-refractivity contribution in [3.8, 4) is 5.75 Å². The minimum absolute atomic E-state index is 0.124. The Morgan fingerprint density at radius 1 is 1.32 bits per heavy atom. The third kappa shape index (κ3) is 4.36. The molecule has 19 heavy (non-hydrogen) atoms. The molecule has 1 aromatic rings. The molecule has 0 amide bonds. The van der Waals surface area contributed by atoms with Gasteiger partial charge in [-0.2, -0.15) is 0 Å². The molecule has 1 rings (SSSR count). The van der Waals surface area contributed by atoms with Crippen LogP contribution in [0, 0.1) is 0 Å². The number of ether oxygens (including phenoxy) is 1. The molecular formula is C14H22O4Si. The molecular weight excluding hydrogens is 260 g/mol. The van der Waals surface area contributed by atoms with Gasteiger partial charge in [0.2, 0.25) is 0 Å². The van der Waals surface area contributed by atoms with E-state index in [1.165, 1.54) is 12.1 Å². The number of carbonyl (C=O) groups is 1. The van der Waals surface area contributed by atoms with E-state index in [0.29, 0.717) is 5.75 Å². The number of rotatable bonds is 5. The average Bonchev–Trinajstić information content (AvgIpc) is 2.27. The maximum atomic E-state index is 10.8. The first-order valence-electron chi connectivity index (χ1n) is 6.23. The molecule has 0 aromatic heterocycles. The van der Waals surface area contributed by atoms with E-state index in [1.807, 2.05) is 0 Å². The zero-order valence-electron chi connectivity index (χ0n) is 12.2. The quantitative estimate of drug-likeness (QED) is 0.660. The molecule has 0 aliphatic carbocycles. The van der Waals surface area contributed by atoms with Crippen LogP contribution in [0.25, 0.3) is 0 Å². The van der Waals surface area contributed by atoms with Gasteiger partial charge in [0, 0.05) is 0 Å². The van der Waals surface area contributed by atoms with Gasteiger partial charge in [-0.3, -0.25) is 0 Å². The molecule has 0 unspecified atom stereocenters. The Kier molecular flexibility index (Phi) is 4.76. The van der Waals surface area contributed by atoms with Crippen LogP contribution in [0.3, 0.4) is 0 Å². The molecule has 0 saturated heterocycles. The second kappa shape index (κ2) is 5.75. The highest BCUT2D eigenvalue weighted by Gasteiger charge is 2.37. The number of hydrogen-bond acceptors (Lipinski definition) is 3. The van der Waals surface area contributed by atoms with Crippen molar-refractivity contribution in [3.63, 3.8) is 0 Å². The van der Waals surface area contributed by atoms with E-state index in [9.17, 15) is 4.79 Å². The monoisotopic (exact) mass is 282 g/mol. The van der Waals surface area contributed by atoms with Gasteiger partial charge in [-0.15, -0.1) is 0 Å². The summed E-state index contributed by atoms with van der Waals surface area (Å²) in [5, 5.41) is 9.01. The van der Waals surface area contributed by atoms with E-state index < -0.39 is 14.3 Å². The Balaban J connectivity index is 2.59. The Bertz CT molecular complexity index is 449. The fraction of sp³-hybridized carbons (Fsp3) is 0.500. The zero-order chi connectivity index (χ0) is 14.7. The van der Waals surface area contributed by atoms with Gasteiger partial charge in [0.25, 0.3) is 0 Å². The topological polar surface area (TPSA) is 55.8 Å². The highest BCUT2D eigenvalue weighted by atomic mass is 28.4. The van der Waals surface area contributed by atoms with Crippen LogP contribution in [0.2, 0.25) is 18.1 Å². The minimum Gasteiger partial charge on any atom is -0.478 e. The zero-order valence-corrected chi connectivity index (χ0v) is 13.2. The summed E-state index contributed by atoms with van der Waals surface area (Å²) in [5.41, 5.74) is 0.213. The molecule has 0 heterocycles. The lowest BCUT2D eigenvalue weighted by atomic mass is 10.2. The molecule has 0 fully saturated rings. The van der Waals surface area contributed by atoms with E-state index in [1.54, 1.807) is 12.1 Å². The number of carboxylic acids is 1. The number of hydrogen-bond donors (Lipinski definition) is 1. The van der Waals surface area contributed by atoms with Crippen molar-refractivity contribution in [2.45, 2.75) is 38.9 Å². The molecule has 0 radical (unpaired) electrons. The minimum atomic E-state index is -1.84. The molecule has 0 saturated carbocycles. The standard InChI is InChI=1S/C14H22O4Si/c1-14(2,3)19(4,5)18-10-17-12-8-6-7-11(9-12)13(15)16/h6-9H,10H2,1-5H3,(H,15,16). The maximum absolute atomic E-state index is 10.8. The SMILES string of the molecule is CC(C)(C)[Si](C)(C)OCOc1cccc(C(=O)O)c1. The summed E-state index contributed by atoms with van der Waals surface area (Å²) in [4.78, 5) is 10.8. The summed E-state index contributed by atoms with van der Waals surface area (Å²) in [6.07, 6.45) is 0. The van der Waals surface area contributed by atoms with Crippen LogP contribution in [-0.4, -0.2) is 26.2 Å². The van der Waals surface area contributed by atoms with Crippen molar-refractivity contribution in [2.75, 3.05) is 6.79 Å². The van der Waals surface area contributed by atoms with Crippen LogP contribution >= 0.6 is 0 Å². The molecule has 0 aliphatic rings. The normalized spacial score (nSPS) is 12.3. The molecule has 106 valence electrons. The fourth-order valence-corrected chi connectivity index (χ4v) is 1.97. The van der Waals surface area contributed by atoms with Crippen LogP contribution in [0.4, 0.5) is 0 Å². The van der Waals surface area contributed by atoms with Gasteiger partial charge < -0.3 is 14.3 Å². The van der Waals surface area contributed by atoms with Crippen LogP contribution in [-0.2, 0) is 4.43 Å². The number of carboxylic acid groups (broad SMARTS) is 1. The van der Waals surface area contributed by atoms with Crippen molar-refractivity contribution in [2.24, 2.45) is 0 Å². The molecule has 0 aliphatic heterocycles. The summed E-state index contributed by atoms with van der Waals surface area (Å²) in [6, 6.07) is 6.41. The Labute approximate surface area is 115 Å². The van der Waals surface area contributed by atoms with E-state index in [2.05, 4.69) is 33.9 Å². The highest BCUT2D eigenvalue weighted by Crippen LogP contribution is 2.36. The van der Waals surface area contributed by atoms with E-state index in [4.69, 9.17) is 14.3 Å².